The highest BCUT2D eigenvalue weighted by atomic mass is 16.4. The van der Waals surface area contributed by atoms with Gasteiger partial charge in [0.15, 0.2) is 0 Å². The number of nitrogens with one attached hydrogen (secondary N) is 1. The molecule has 1 aromatic rings. The zero-order chi connectivity index (χ0) is 19.4. The minimum absolute atomic E-state index is 0.0728. The van der Waals surface area contributed by atoms with Crippen LogP contribution in [0.25, 0.3) is 0 Å². The molecule has 3 amide bonds. The van der Waals surface area contributed by atoms with Crippen LogP contribution in [0.3, 0.4) is 0 Å². The third kappa shape index (κ3) is 4.40. The highest BCUT2D eigenvalue weighted by Crippen LogP contribution is 2.40. The zero-order valence-corrected chi connectivity index (χ0v) is 15.7. The molecule has 7 heteroatoms. The minimum Gasteiger partial charge on any atom is -0.480 e. The number of aliphatic carboxylic acids is 1. The molecule has 1 spiro atoms. The molecule has 2 fully saturated rings. The summed E-state index contributed by atoms with van der Waals surface area (Å²) >= 11 is 0. The van der Waals surface area contributed by atoms with Gasteiger partial charge in [-0.05, 0) is 37.2 Å². The van der Waals surface area contributed by atoms with Crippen molar-refractivity contribution >= 4 is 17.9 Å². The molecule has 146 valence electrons. The highest BCUT2D eigenvalue weighted by Gasteiger charge is 2.43. The van der Waals surface area contributed by atoms with Crippen LogP contribution in [0.5, 0.6) is 0 Å². The number of rotatable bonds is 4. The molecule has 0 aromatic heterocycles. The number of carboxylic acids is 1. The molecular formula is C20H27N3O4. The van der Waals surface area contributed by atoms with Crippen LogP contribution < -0.4 is 5.32 Å². The average molecular weight is 373 g/mol. The van der Waals surface area contributed by atoms with Gasteiger partial charge >= 0.3 is 12.0 Å². The molecule has 2 N–H and O–H groups in total. The van der Waals surface area contributed by atoms with Crippen LogP contribution in [-0.4, -0.2) is 58.5 Å². The van der Waals surface area contributed by atoms with E-state index >= 15 is 0 Å². The van der Waals surface area contributed by atoms with Crippen molar-refractivity contribution in [2.75, 3.05) is 19.6 Å². The molecule has 1 aromatic carbocycles. The molecule has 27 heavy (non-hydrogen) atoms. The Bertz CT molecular complexity index is 698. The first-order valence-electron chi connectivity index (χ1n) is 9.49. The number of carbonyl (C=O) groups is 3. The predicted molar refractivity (Wildman–Crippen MR) is 100.0 cm³/mol. The summed E-state index contributed by atoms with van der Waals surface area (Å²) in [7, 11) is 0. The molecule has 0 radical (unpaired) electrons. The topological polar surface area (TPSA) is 90.0 Å². The lowest BCUT2D eigenvalue weighted by Gasteiger charge is -2.48. The number of amides is 3. The second kappa shape index (κ2) is 7.98. The van der Waals surface area contributed by atoms with Crippen LogP contribution in [0.2, 0.25) is 0 Å². The number of hydrogen-bond acceptors (Lipinski definition) is 3. The summed E-state index contributed by atoms with van der Waals surface area (Å²) in [6.07, 6.45) is 2.75. The van der Waals surface area contributed by atoms with Crippen LogP contribution >= 0.6 is 0 Å². The SMILES string of the molecule is C[C@@H](C(=O)O)N1CC2(CCC1=O)CCN(C(=O)NCc1ccccc1)CC2. The van der Waals surface area contributed by atoms with Crippen molar-refractivity contribution < 1.29 is 19.5 Å². The molecule has 2 aliphatic heterocycles. The Hall–Kier alpha value is -2.57. The fourth-order valence-electron chi connectivity index (χ4n) is 4.01. The van der Waals surface area contributed by atoms with Gasteiger partial charge in [0.2, 0.25) is 5.91 Å². The Labute approximate surface area is 159 Å². The van der Waals surface area contributed by atoms with Gasteiger partial charge in [-0.25, -0.2) is 9.59 Å². The molecule has 0 aliphatic carbocycles. The molecule has 0 bridgehead atoms. The summed E-state index contributed by atoms with van der Waals surface area (Å²) in [6.45, 7) is 3.79. The summed E-state index contributed by atoms with van der Waals surface area (Å²) in [6, 6.07) is 8.91. The van der Waals surface area contributed by atoms with Crippen molar-refractivity contribution in [2.45, 2.75) is 45.2 Å². The average Bonchev–Trinajstić information content (AvgIpc) is 2.69. The first-order chi connectivity index (χ1) is 12.9. The number of urea groups is 1. The van der Waals surface area contributed by atoms with Crippen molar-refractivity contribution in [3.63, 3.8) is 0 Å². The van der Waals surface area contributed by atoms with E-state index in [1.807, 2.05) is 35.2 Å². The largest absolute Gasteiger partial charge is 0.480 e. The fraction of sp³-hybridized carbons (Fsp3) is 0.550. The van der Waals surface area contributed by atoms with Gasteiger partial charge < -0.3 is 20.2 Å². The number of nitrogens with zero attached hydrogens (tertiary/aromatic N) is 2. The molecule has 7 nitrogen and oxygen atoms in total. The van der Waals surface area contributed by atoms with Gasteiger partial charge in [0.25, 0.3) is 0 Å². The summed E-state index contributed by atoms with van der Waals surface area (Å²) in [5.74, 6) is -1.06. The Balaban J connectivity index is 1.53. The van der Waals surface area contributed by atoms with Crippen molar-refractivity contribution in [1.29, 1.82) is 0 Å². The second-order valence-corrected chi connectivity index (χ2v) is 7.67. The number of carbonyl (C=O) groups excluding carboxylic acids is 2. The van der Waals surface area contributed by atoms with Gasteiger partial charge in [0.05, 0.1) is 0 Å². The number of benzene rings is 1. The van der Waals surface area contributed by atoms with Gasteiger partial charge in [-0.3, -0.25) is 4.79 Å². The number of piperidine rings is 2. The molecule has 2 heterocycles. The first-order valence-corrected chi connectivity index (χ1v) is 9.49. The van der Waals surface area contributed by atoms with Crippen LogP contribution in [-0.2, 0) is 16.1 Å². The standard InChI is InChI=1S/C20H27N3O4/c1-15(18(25)26)23-14-20(8-7-17(23)24)9-11-22(12-10-20)19(27)21-13-16-5-3-2-4-6-16/h2-6,15H,7-14H2,1H3,(H,21,27)(H,25,26)/t15-/m0/s1. The highest BCUT2D eigenvalue weighted by molar-refractivity contribution is 5.84. The Morgan fingerprint density at radius 2 is 1.85 bits per heavy atom. The quantitative estimate of drug-likeness (QED) is 0.845. The van der Waals surface area contributed by atoms with Gasteiger partial charge in [0, 0.05) is 32.6 Å². The lowest BCUT2D eigenvalue weighted by molar-refractivity contribution is -0.154. The molecule has 3 rings (SSSR count). The summed E-state index contributed by atoms with van der Waals surface area (Å²) in [5, 5.41) is 12.2. The number of carboxylic acid groups (broad SMARTS) is 1. The van der Waals surface area contributed by atoms with E-state index < -0.39 is 12.0 Å². The maximum Gasteiger partial charge on any atom is 0.326 e. The minimum atomic E-state index is -0.974. The van der Waals surface area contributed by atoms with E-state index in [9.17, 15) is 19.5 Å². The van der Waals surface area contributed by atoms with E-state index in [4.69, 9.17) is 0 Å². The summed E-state index contributed by atoms with van der Waals surface area (Å²) in [4.78, 5) is 39.2. The first kappa shape index (κ1) is 19.2. The molecule has 2 saturated heterocycles. The van der Waals surface area contributed by atoms with Crippen molar-refractivity contribution in [3.05, 3.63) is 35.9 Å². The molecule has 0 unspecified atom stereocenters. The molecule has 1 atom stereocenters. The van der Waals surface area contributed by atoms with Crippen LogP contribution in [0.15, 0.2) is 30.3 Å². The third-order valence-electron chi connectivity index (χ3n) is 5.92. The zero-order valence-electron chi connectivity index (χ0n) is 15.7. The van der Waals surface area contributed by atoms with Crippen LogP contribution in [0.4, 0.5) is 4.79 Å². The summed E-state index contributed by atoms with van der Waals surface area (Å²) in [5.41, 5.74) is 0.983. The molecular weight excluding hydrogens is 346 g/mol. The van der Waals surface area contributed by atoms with E-state index in [-0.39, 0.29) is 17.4 Å². The van der Waals surface area contributed by atoms with E-state index in [0.717, 1.165) is 24.8 Å². The van der Waals surface area contributed by atoms with Gasteiger partial charge in [-0.1, -0.05) is 30.3 Å². The number of likely N-dealkylation sites (tertiary alicyclic amines) is 2. The Morgan fingerprint density at radius 1 is 1.19 bits per heavy atom. The van der Waals surface area contributed by atoms with Crippen LogP contribution in [0.1, 0.15) is 38.2 Å². The van der Waals surface area contributed by atoms with Crippen molar-refractivity contribution in [1.82, 2.24) is 15.1 Å². The number of hydrogen-bond donors (Lipinski definition) is 2. The fourth-order valence-corrected chi connectivity index (χ4v) is 4.01. The van der Waals surface area contributed by atoms with Crippen molar-refractivity contribution in [2.24, 2.45) is 5.41 Å². The van der Waals surface area contributed by atoms with E-state index in [1.54, 1.807) is 6.92 Å². The third-order valence-corrected chi connectivity index (χ3v) is 5.92. The van der Waals surface area contributed by atoms with Gasteiger partial charge in [-0.15, -0.1) is 0 Å². The van der Waals surface area contributed by atoms with E-state index in [0.29, 0.717) is 32.6 Å². The summed E-state index contributed by atoms with van der Waals surface area (Å²) < 4.78 is 0. The van der Waals surface area contributed by atoms with E-state index in [1.165, 1.54) is 4.90 Å². The smallest absolute Gasteiger partial charge is 0.326 e. The maximum absolute atomic E-state index is 12.4. The van der Waals surface area contributed by atoms with Gasteiger partial charge in [-0.2, -0.15) is 0 Å². The normalized spacial score (nSPS) is 20.4. The molecule has 0 saturated carbocycles. The predicted octanol–water partition coefficient (Wildman–Crippen LogP) is 2.07. The second-order valence-electron chi connectivity index (χ2n) is 7.67. The Morgan fingerprint density at radius 3 is 2.48 bits per heavy atom. The monoisotopic (exact) mass is 373 g/mol. The van der Waals surface area contributed by atoms with Gasteiger partial charge in [0.1, 0.15) is 6.04 Å². The Kier molecular flexibility index (Phi) is 5.68. The van der Waals surface area contributed by atoms with Crippen molar-refractivity contribution in [3.8, 4) is 0 Å². The lowest BCUT2D eigenvalue weighted by Crippen LogP contribution is -2.56. The van der Waals surface area contributed by atoms with E-state index in [2.05, 4.69) is 5.32 Å². The molecule has 2 aliphatic rings. The van der Waals surface area contributed by atoms with Crippen LogP contribution in [0, 0.1) is 5.41 Å². The maximum atomic E-state index is 12.4. The lowest BCUT2D eigenvalue weighted by atomic mass is 9.72.